The van der Waals surface area contributed by atoms with Gasteiger partial charge in [0.25, 0.3) is 0 Å². The lowest BCUT2D eigenvalue weighted by Crippen LogP contribution is -2.39. The van der Waals surface area contributed by atoms with Crippen LogP contribution in [-0.4, -0.2) is 22.4 Å². The number of benzene rings is 1. The highest BCUT2D eigenvalue weighted by Crippen LogP contribution is 2.16. The van der Waals surface area contributed by atoms with E-state index in [0.717, 1.165) is 0 Å². The van der Waals surface area contributed by atoms with Crippen LogP contribution >= 0.6 is 0 Å². The predicted octanol–water partition coefficient (Wildman–Crippen LogP) is 2.16. The molecule has 1 rings (SSSR count). The standard InChI is InChI=1S/C12H15NO3/c1-8(14)9-4-6-10(7-5-9)13-12(2,3)11(15)16/h4-7,13H,1-3H3,(H,15,16). The number of aliphatic carboxylic acids is 1. The highest BCUT2D eigenvalue weighted by atomic mass is 16.4. The van der Waals surface area contributed by atoms with Crippen molar-refractivity contribution in [3.05, 3.63) is 29.8 Å². The van der Waals surface area contributed by atoms with E-state index in [0.29, 0.717) is 11.3 Å². The molecule has 0 aliphatic carbocycles. The maximum Gasteiger partial charge on any atom is 0.328 e. The summed E-state index contributed by atoms with van der Waals surface area (Å²) in [5.74, 6) is -0.938. The van der Waals surface area contributed by atoms with Gasteiger partial charge in [0.2, 0.25) is 0 Å². The third kappa shape index (κ3) is 2.82. The van der Waals surface area contributed by atoms with Crippen LogP contribution in [0.15, 0.2) is 24.3 Å². The highest BCUT2D eigenvalue weighted by Gasteiger charge is 2.26. The average molecular weight is 221 g/mol. The first-order valence-corrected chi connectivity index (χ1v) is 4.95. The quantitative estimate of drug-likeness (QED) is 0.764. The van der Waals surface area contributed by atoms with Crippen LogP contribution in [0.25, 0.3) is 0 Å². The van der Waals surface area contributed by atoms with Crippen molar-refractivity contribution in [2.45, 2.75) is 26.3 Å². The number of carboxylic acids is 1. The first kappa shape index (κ1) is 12.2. The second-order valence-electron chi connectivity index (χ2n) is 4.19. The minimum absolute atomic E-state index is 0.0101. The minimum Gasteiger partial charge on any atom is -0.480 e. The number of rotatable bonds is 4. The van der Waals surface area contributed by atoms with Crippen LogP contribution in [0, 0.1) is 0 Å². The Morgan fingerprint density at radius 2 is 1.69 bits per heavy atom. The molecule has 0 aromatic heterocycles. The molecule has 1 aromatic carbocycles. The molecule has 86 valence electrons. The van der Waals surface area contributed by atoms with Gasteiger partial charge in [-0.2, -0.15) is 0 Å². The minimum atomic E-state index is -1.03. The molecule has 0 saturated carbocycles. The van der Waals surface area contributed by atoms with Gasteiger partial charge in [-0.1, -0.05) is 0 Å². The van der Waals surface area contributed by atoms with E-state index in [1.807, 2.05) is 0 Å². The van der Waals surface area contributed by atoms with E-state index >= 15 is 0 Å². The second kappa shape index (κ2) is 4.35. The van der Waals surface area contributed by atoms with Gasteiger partial charge in [0.1, 0.15) is 5.54 Å². The lowest BCUT2D eigenvalue weighted by molar-refractivity contribution is -0.141. The summed E-state index contributed by atoms with van der Waals surface area (Å²) in [6.07, 6.45) is 0. The number of hydrogen-bond acceptors (Lipinski definition) is 3. The molecule has 4 nitrogen and oxygen atoms in total. The van der Waals surface area contributed by atoms with Gasteiger partial charge in [-0.3, -0.25) is 4.79 Å². The Bertz CT molecular complexity index is 407. The Morgan fingerprint density at radius 3 is 2.06 bits per heavy atom. The van der Waals surface area contributed by atoms with Crippen molar-refractivity contribution < 1.29 is 14.7 Å². The van der Waals surface area contributed by atoms with Gasteiger partial charge in [0.15, 0.2) is 5.78 Å². The summed E-state index contributed by atoms with van der Waals surface area (Å²) in [5, 5.41) is 11.8. The first-order chi connectivity index (χ1) is 7.33. The smallest absolute Gasteiger partial charge is 0.328 e. The fourth-order valence-corrected chi connectivity index (χ4v) is 1.20. The van der Waals surface area contributed by atoms with Gasteiger partial charge < -0.3 is 10.4 Å². The van der Waals surface area contributed by atoms with Crippen LogP contribution in [0.1, 0.15) is 31.1 Å². The first-order valence-electron chi connectivity index (χ1n) is 4.95. The molecule has 0 saturated heterocycles. The summed E-state index contributed by atoms with van der Waals surface area (Å²) in [4.78, 5) is 21.9. The van der Waals surface area contributed by atoms with Crippen LogP contribution < -0.4 is 5.32 Å². The maximum atomic E-state index is 11.0. The van der Waals surface area contributed by atoms with Gasteiger partial charge in [-0.25, -0.2) is 4.79 Å². The Balaban J connectivity index is 2.84. The number of carbonyl (C=O) groups is 2. The zero-order valence-corrected chi connectivity index (χ0v) is 9.57. The van der Waals surface area contributed by atoms with E-state index < -0.39 is 11.5 Å². The molecular formula is C12H15NO3. The largest absolute Gasteiger partial charge is 0.480 e. The summed E-state index contributed by atoms with van der Waals surface area (Å²) in [6.45, 7) is 4.64. The van der Waals surface area contributed by atoms with Crippen molar-refractivity contribution in [3.8, 4) is 0 Å². The Kier molecular flexibility index (Phi) is 3.32. The molecule has 0 bridgehead atoms. The molecule has 16 heavy (non-hydrogen) atoms. The zero-order valence-electron chi connectivity index (χ0n) is 9.57. The Hall–Kier alpha value is -1.84. The van der Waals surface area contributed by atoms with Crippen LogP contribution in [-0.2, 0) is 4.79 Å². The highest BCUT2D eigenvalue weighted by molar-refractivity contribution is 5.94. The maximum absolute atomic E-state index is 11.0. The molecule has 0 atom stereocenters. The Morgan fingerprint density at radius 1 is 1.19 bits per heavy atom. The number of ketones is 1. The van der Waals surface area contributed by atoms with Crippen molar-refractivity contribution in [1.29, 1.82) is 0 Å². The van der Waals surface area contributed by atoms with Crippen molar-refractivity contribution in [3.63, 3.8) is 0 Å². The van der Waals surface area contributed by atoms with Gasteiger partial charge in [-0.05, 0) is 45.0 Å². The lowest BCUT2D eigenvalue weighted by atomic mass is 10.0. The van der Waals surface area contributed by atoms with E-state index in [1.165, 1.54) is 6.92 Å². The SMILES string of the molecule is CC(=O)c1ccc(NC(C)(C)C(=O)O)cc1. The number of nitrogens with one attached hydrogen (secondary N) is 1. The molecule has 1 aromatic rings. The third-order valence-electron chi connectivity index (χ3n) is 2.28. The van der Waals surface area contributed by atoms with Crippen LogP contribution in [0.3, 0.4) is 0 Å². The summed E-state index contributed by atoms with van der Waals surface area (Å²) in [6, 6.07) is 6.73. The fourth-order valence-electron chi connectivity index (χ4n) is 1.20. The molecule has 0 heterocycles. The monoisotopic (exact) mass is 221 g/mol. The van der Waals surface area contributed by atoms with Crippen LogP contribution in [0.5, 0.6) is 0 Å². The summed E-state index contributed by atoms with van der Waals surface area (Å²) in [5.41, 5.74) is 0.258. The molecule has 4 heteroatoms. The van der Waals surface area contributed by atoms with E-state index in [9.17, 15) is 9.59 Å². The molecule has 2 N–H and O–H groups in total. The molecule has 0 aliphatic rings. The van der Waals surface area contributed by atoms with Gasteiger partial charge >= 0.3 is 5.97 Å². The topological polar surface area (TPSA) is 66.4 Å². The molecule has 0 fully saturated rings. The molecule has 0 aliphatic heterocycles. The van der Waals surface area contributed by atoms with Crippen LogP contribution in [0.2, 0.25) is 0 Å². The number of carboxylic acid groups (broad SMARTS) is 1. The van der Waals surface area contributed by atoms with Crippen molar-refractivity contribution in [2.75, 3.05) is 5.32 Å². The number of Topliss-reactive ketones (excluding diaryl/α,β-unsaturated/α-hetero) is 1. The van der Waals surface area contributed by atoms with Gasteiger partial charge in [0.05, 0.1) is 0 Å². The van der Waals surface area contributed by atoms with Crippen LogP contribution in [0.4, 0.5) is 5.69 Å². The fraction of sp³-hybridized carbons (Fsp3) is 0.333. The second-order valence-corrected chi connectivity index (χ2v) is 4.19. The van der Waals surface area contributed by atoms with Gasteiger partial charge in [0, 0.05) is 11.3 Å². The molecule has 0 amide bonds. The predicted molar refractivity (Wildman–Crippen MR) is 61.8 cm³/mol. The van der Waals surface area contributed by atoms with Crippen molar-refractivity contribution >= 4 is 17.4 Å². The van der Waals surface area contributed by atoms with E-state index in [-0.39, 0.29) is 5.78 Å². The van der Waals surface area contributed by atoms with E-state index in [4.69, 9.17) is 5.11 Å². The molecule has 0 unspecified atom stereocenters. The number of anilines is 1. The zero-order chi connectivity index (χ0) is 12.3. The van der Waals surface area contributed by atoms with E-state index in [1.54, 1.807) is 38.1 Å². The lowest BCUT2D eigenvalue weighted by Gasteiger charge is -2.22. The average Bonchev–Trinajstić information content (AvgIpc) is 2.17. The molecule has 0 spiro atoms. The molecule has 0 radical (unpaired) electrons. The summed E-state index contributed by atoms with van der Waals surface area (Å²) < 4.78 is 0. The number of hydrogen-bond donors (Lipinski definition) is 2. The third-order valence-corrected chi connectivity index (χ3v) is 2.28. The summed E-state index contributed by atoms with van der Waals surface area (Å²) >= 11 is 0. The molecular weight excluding hydrogens is 206 g/mol. The van der Waals surface area contributed by atoms with Crippen molar-refractivity contribution in [2.24, 2.45) is 0 Å². The summed E-state index contributed by atoms with van der Waals surface area (Å²) in [7, 11) is 0. The number of carbonyl (C=O) groups excluding carboxylic acids is 1. The Labute approximate surface area is 94.3 Å². The van der Waals surface area contributed by atoms with Gasteiger partial charge in [-0.15, -0.1) is 0 Å². The normalized spacial score (nSPS) is 10.9. The van der Waals surface area contributed by atoms with Crippen molar-refractivity contribution in [1.82, 2.24) is 0 Å². The van der Waals surface area contributed by atoms with E-state index in [2.05, 4.69) is 5.32 Å².